The van der Waals surface area contributed by atoms with E-state index in [0.29, 0.717) is 12.3 Å². The summed E-state index contributed by atoms with van der Waals surface area (Å²) in [5.41, 5.74) is 1.68. The Balaban J connectivity index is 2.08. The summed E-state index contributed by atoms with van der Waals surface area (Å²) in [6.07, 6.45) is 2.11. The molecule has 0 bridgehead atoms. The molecule has 0 aliphatic carbocycles. The zero-order valence-corrected chi connectivity index (χ0v) is 14.4. The fourth-order valence-electron chi connectivity index (χ4n) is 2.30. The quantitative estimate of drug-likeness (QED) is 0.817. The highest BCUT2D eigenvalue weighted by atomic mass is 32.1. The highest BCUT2D eigenvalue weighted by Gasteiger charge is 2.21. The van der Waals surface area contributed by atoms with Gasteiger partial charge in [-0.15, -0.1) is 11.3 Å². The van der Waals surface area contributed by atoms with Gasteiger partial charge in [0.1, 0.15) is 5.01 Å². The molecule has 2 rings (SSSR count). The molecule has 0 unspecified atom stereocenters. The molecular weight excluding hydrogens is 294 g/mol. The van der Waals surface area contributed by atoms with Crippen LogP contribution in [0, 0.1) is 5.92 Å². The average Bonchev–Trinajstić information content (AvgIpc) is 2.97. The maximum Gasteiger partial charge on any atom is 0.228 e. The molecule has 22 heavy (non-hydrogen) atoms. The molecule has 0 aromatic carbocycles. The van der Waals surface area contributed by atoms with Crippen molar-refractivity contribution in [1.82, 2.24) is 14.9 Å². The molecule has 0 N–H and O–H groups in total. The number of pyridine rings is 1. The van der Waals surface area contributed by atoms with Crippen molar-refractivity contribution >= 4 is 17.2 Å². The molecule has 5 heteroatoms. The van der Waals surface area contributed by atoms with Gasteiger partial charge in [0.05, 0.1) is 17.8 Å². The molecule has 0 radical (unpaired) electrons. The molecule has 0 aliphatic rings. The first-order valence-electron chi connectivity index (χ1n) is 7.68. The van der Waals surface area contributed by atoms with Crippen molar-refractivity contribution in [3.05, 3.63) is 35.5 Å². The third kappa shape index (κ3) is 3.91. The van der Waals surface area contributed by atoms with Crippen LogP contribution >= 0.6 is 11.3 Å². The monoisotopic (exact) mass is 317 g/mol. The van der Waals surface area contributed by atoms with E-state index in [-0.39, 0.29) is 11.9 Å². The summed E-state index contributed by atoms with van der Waals surface area (Å²) in [5, 5.41) is 2.82. The van der Waals surface area contributed by atoms with E-state index in [1.54, 1.807) is 6.20 Å². The minimum Gasteiger partial charge on any atom is -0.340 e. The summed E-state index contributed by atoms with van der Waals surface area (Å²) in [4.78, 5) is 23.3. The van der Waals surface area contributed by atoms with Gasteiger partial charge < -0.3 is 4.90 Å². The molecule has 4 nitrogen and oxygen atoms in total. The minimum atomic E-state index is 0.140. The van der Waals surface area contributed by atoms with Crippen LogP contribution in [0.4, 0.5) is 0 Å². The molecule has 0 aliphatic heterocycles. The van der Waals surface area contributed by atoms with Crippen molar-refractivity contribution < 1.29 is 4.79 Å². The van der Waals surface area contributed by atoms with Crippen LogP contribution in [-0.4, -0.2) is 33.4 Å². The number of amides is 1. The maximum absolute atomic E-state index is 12.5. The summed E-state index contributed by atoms with van der Waals surface area (Å²) in [5.74, 6) is 0.588. The Labute approximate surface area is 136 Å². The Morgan fingerprint density at radius 2 is 2.09 bits per heavy atom. The first-order valence-corrected chi connectivity index (χ1v) is 8.56. The van der Waals surface area contributed by atoms with Crippen LogP contribution in [0.2, 0.25) is 0 Å². The summed E-state index contributed by atoms with van der Waals surface area (Å²) >= 11 is 1.53. The fourth-order valence-corrected chi connectivity index (χ4v) is 3.10. The van der Waals surface area contributed by atoms with Crippen LogP contribution in [-0.2, 0) is 11.2 Å². The third-order valence-electron chi connectivity index (χ3n) is 3.89. The zero-order valence-electron chi connectivity index (χ0n) is 13.6. The lowest BCUT2D eigenvalue weighted by Crippen LogP contribution is -2.42. The minimum absolute atomic E-state index is 0.140. The van der Waals surface area contributed by atoms with E-state index >= 15 is 0 Å². The molecule has 1 amide bonds. The van der Waals surface area contributed by atoms with Gasteiger partial charge in [0.15, 0.2) is 0 Å². The molecule has 118 valence electrons. The number of carbonyl (C=O) groups is 1. The van der Waals surface area contributed by atoms with Gasteiger partial charge in [0.2, 0.25) is 5.91 Å². The second-order valence-electron chi connectivity index (χ2n) is 5.70. The van der Waals surface area contributed by atoms with Crippen molar-refractivity contribution in [3.8, 4) is 10.7 Å². The van der Waals surface area contributed by atoms with Gasteiger partial charge in [-0.1, -0.05) is 19.9 Å². The normalized spacial score (nSPS) is 12.4. The van der Waals surface area contributed by atoms with Crippen LogP contribution in [0.25, 0.3) is 10.7 Å². The van der Waals surface area contributed by atoms with Crippen molar-refractivity contribution in [2.24, 2.45) is 5.92 Å². The second kappa shape index (κ2) is 7.49. The van der Waals surface area contributed by atoms with Gasteiger partial charge >= 0.3 is 0 Å². The maximum atomic E-state index is 12.5. The van der Waals surface area contributed by atoms with E-state index in [4.69, 9.17) is 0 Å². The second-order valence-corrected chi connectivity index (χ2v) is 6.56. The van der Waals surface area contributed by atoms with Crippen LogP contribution in [0.5, 0.6) is 0 Å². The SMILES string of the molecule is CCN(C(=O)Cc1csc(-c2ccccn2)n1)[C@H](C)C(C)C. The van der Waals surface area contributed by atoms with Gasteiger partial charge in [0, 0.05) is 24.2 Å². The van der Waals surface area contributed by atoms with E-state index in [9.17, 15) is 4.79 Å². The first kappa shape index (κ1) is 16.6. The number of carbonyl (C=O) groups excluding carboxylic acids is 1. The standard InChI is InChI=1S/C17H23N3OS/c1-5-20(13(4)12(2)3)16(21)10-14-11-22-17(19-14)15-8-6-7-9-18-15/h6-9,11-13H,5,10H2,1-4H3/t13-/m1/s1. The summed E-state index contributed by atoms with van der Waals surface area (Å²) in [6, 6.07) is 6.00. The summed E-state index contributed by atoms with van der Waals surface area (Å²) in [6.45, 7) is 9.14. The molecule has 2 aromatic rings. The van der Waals surface area contributed by atoms with Crippen molar-refractivity contribution in [1.29, 1.82) is 0 Å². The van der Waals surface area contributed by atoms with Gasteiger partial charge in [-0.2, -0.15) is 0 Å². The first-order chi connectivity index (χ1) is 10.5. The van der Waals surface area contributed by atoms with Crippen LogP contribution in [0.1, 0.15) is 33.4 Å². The van der Waals surface area contributed by atoms with Crippen molar-refractivity contribution in [2.45, 2.75) is 40.2 Å². The molecule has 0 fully saturated rings. The number of hydrogen-bond donors (Lipinski definition) is 0. The fraction of sp³-hybridized carbons (Fsp3) is 0.471. The van der Waals surface area contributed by atoms with E-state index in [2.05, 4.69) is 30.7 Å². The zero-order chi connectivity index (χ0) is 16.1. The largest absolute Gasteiger partial charge is 0.340 e. The van der Waals surface area contributed by atoms with Gasteiger partial charge in [-0.05, 0) is 31.9 Å². The molecule has 0 spiro atoms. The molecule has 1 atom stereocenters. The van der Waals surface area contributed by atoms with Crippen molar-refractivity contribution in [2.75, 3.05) is 6.54 Å². The highest BCUT2D eigenvalue weighted by molar-refractivity contribution is 7.13. The van der Waals surface area contributed by atoms with E-state index in [0.717, 1.165) is 22.9 Å². The number of hydrogen-bond acceptors (Lipinski definition) is 4. The molecule has 0 saturated carbocycles. The topological polar surface area (TPSA) is 46.1 Å². The smallest absolute Gasteiger partial charge is 0.228 e. The number of nitrogens with zero attached hydrogens (tertiary/aromatic N) is 3. The van der Waals surface area contributed by atoms with Crippen molar-refractivity contribution in [3.63, 3.8) is 0 Å². The number of aromatic nitrogens is 2. The Morgan fingerprint density at radius 3 is 2.68 bits per heavy atom. The van der Waals surface area contributed by atoms with E-state index < -0.39 is 0 Å². The van der Waals surface area contributed by atoms with Crippen LogP contribution in [0.15, 0.2) is 29.8 Å². The van der Waals surface area contributed by atoms with Crippen LogP contribution in [0.3, 0.4) is 0 Å². The van der Waals surface area contributed by atoms with Crippen LogP contribution < -0.4 is 0 Å². The summed E-state index contributed by atoms with van der Waals surface area (Å²) in [7, 11) is 0. The lowest BCUT2D eigenvalue weighted by molar-refractivity contribution is -0.133. The molecular formula is C17H23N3OS. The Bertz CT molecular complexity index is 609. The highest BCUT2D eigenvalue weighted by Crippen LogP contribution is 2.22. The van der Waals surface area contributed by atoms with Gasteiger partial charge in [0.25, 0.3) is 0 Å². The van der Waals surface area contributed by atoms with Gasteiger partial charge in [-0.25, -0.2) is 4.98 Å². The predicted octanol–water partition coefficient (Wildman–Crippen LogP) is 3.64. The Hall–Kier alpha value is -1.75. The third-order valence-corrected chi connectivity index (χ3v) is 4.80. The Morgan fingerprint density at radius 1 is 1.32 bits per heavy atom. The summed E-state index contributed by atoms with van der Waals surface area (Å²) < 4.78 is 0. The molecule has 2 aromatic heterocycles. The number of likely N-dealkylation sites (N-methyl/N-ethyl adjacent to an activating group) is 1. The van der Waals surface area contributed by atoms with E-state index in [1.165, 1.54) is 11.3 Å². The predicted molar refractivity (Wildman–Crippen MR) is 90.7 cm³/mol. The number of thiazole rings is 1. The van der Waals surface area contributed by atoms with Gasteiger partial charge in [-0.3, -0.25) is 9.78 Å². The molecule has 0 saturated heterocycles. The molecule has 2 heterocycles. The lowest BCUT2D eigenvalue weighted by atomic mass is 10.0. The average molecular weight is 317 g/mol. The number of rotatable bonds is 6. The van der Waals surface area contributed by atoms with E-state index in [1.807, 2.05) is 35.4 Å². The lowest BCUT2D eigenvalue weighted by Gasteiger charge is -2.30. The Kier molecular flexibility index (Phi) is 5.66.